The number of carbonyl (C=O) groups is 1. The van der Waals surface area contributed by atoms with E-state index in [1.54, 1.807) is 0 Å². The van der Waals surface area contributed by atoms with Crippen LogP contribution in [0.2, 0.25) is 0 Å². The van der Waals surface area contributed by atoms with Crippen LogP contribution in [0.25, 0.3) is 21.3 Å². The predicted molar refractivity (Wildman–Crippen MR) is 160 cm³/mol. The lowest BCUT2D eigenvalue weighted by atomic mass is 10.00. The first-order valence-electron chi connectivity index (χ1n) is 12.9. The summed E-state index contributed by atoms with van der Waals surface area (Å²) in [7, 11) is 0. The number of thiophene rings is 1. The molecule has 5 rings (SSSR count). The molecule has 0 saturated heterocycles. The van der Waals surface area contributed by atoms with Crippen LogP contribution in [0.3, 0.4) is 0 Å². The van der Waals surface area contributed by atoms with Crippen LogP contribution < -0.4 is 16.4 Å². The van der Waals surface area contributed by atoms with Crippen LogP contribution in [-0.2, 0) is 6.42 Å². The normalized spacial score (nSPS) is 10.9. The van der Waals surface area contributed by atoms with Crippen molar-refractivity contribution in [2.24, 2.45) is 0 Å². The van der Waals surface area contributed by atoms with Gasteiger partial charge in [0.1, 0.15) is 28.0 Å². The Morgan fingerprint density at radius 3 is 2.31 bits per heavy atom. The second kappa shape index (κ2) is 11.4. The summed E-state index contributed by atoms with van der Waals surface area (Å²) in [6.07, 6.45) is 0.706. The number of aromatic nitrogens is 1. The van der Waals surface area contributed by atoms with E-state index < -0.39 is 0 Å². The zero-order valence-corrected chi connectivity index (χ0v) is 22.7. The van der Waals surface area contributed by atoms with Gasteiger partial charge in [0.15, 0.2) is 0 Å². The largest absolute Gasteiger partial charge is 0.383 e. The van der Waals surface area contributed by atoms with Crippen molar-refractivity contribution in [3.8, 4) is 17.2 Å². The summed E-state index contributed by atoms with van der Waals surface area (Å²) in [6, 6.07) is 30.1. The molecule has 2 heterocycles. The van der Waals surface area contributed by atoms with Crippen LogP contribution in [0.5, 0.6) is 0 Å². The number of carbonyl (C=O) groups excluding carboxylic acids is 1. The molecule has 0 aliphatic rings. The molecule has 5 aromatic rings. The first-order chi connectivity index (χ1) is 19.0. The number of rotatable bonds is 8. The lowest BCUT2D eigenvalue weighted by molar-refractivity contribution is 0.0957. The van der Waals surface area contributed by atoms with Crippen molar-refractivity contribution in [1.82, 2.24) is 10.3 Å². The first-order valence-corrected chi connectivity index (χ1v) is 13.7. The van der Waals surface area contributed by atoms with Gasteiger partial charge in [0, 0.05) is 17.8 Å². The molecule has 4 N–H and O–H groups in total. The fourth-order valence-corrected chi connectivity index (χ4v) is 5.78. The molecule has 0 spiro atoms. The molecule has 6 nitrogen and oxygen atoms in total. The van der Waals surface area contributed by atoms with Crippen molar-refractivity contribution >= 4 is 44.0 Å². The number of pyridine rings is 1. The zero-order valence-electron chi connectivity index (χ0n) is 21.9. The van der Waals surface area contributed by atoms with Crippen molar-refractivity contribution in [3.05, 3.63) is 107 Å². The molecular formula is C32H29N5OS. The van der Waals surface area contributed by atoms with Gasteiger partial charge in [-0.25, -0.2) is 4.98 Å². The standard InChI is InChI=1S/C32H29N5OS/c1-20(2)22-13-15-24(16-14-22)36-32-27(31(38)35-18-17-21-9-5-3-6-10-21)28-29(39-32)26(23-11-7-4-8-12-23)25(19-33)30(34)37-28/h3-16,20,36H,17-18H2,1-2H3,(H2,34,37)(H,35,38). The molecule has 3 aromatic carbocycles. The van der Waals surface area contributed by atoms with Gasteiger partial charge in [-0.05, 0) is 41.2 Å². The number of nitrogens with one attached hydrogen (secondary N) is 2. The highest BCUT2D eigenvalue weighted by Crippen LogP contribution is 2.44. The summed E-state index contributed by atoms with van der Waals surface area (Å²) < 4.78 is 0.737. The number of hydrogen-bond acceptors (Lipinski definition) is 6. The Morgan fingerprint density at radius 2 is 1.67 bits per heavy atom. The van der Waals surface area contributed by atoms with Gasteiger partial charge in [0.25, 0.3) is 5.91 Å². The maximum atomic E-state index is 13.7. The third kappa shape index (κ3) is 5.47. The number of anilines is 3. The van der Waals surface area contributed by atoms with E-state index in [1.165, 1.54) is 16.9 Å². The first kappa shape index (κ1) is 26.0. The summed E-state index contributed by atoms with van der Waals surface area (Å²) in [5, 5.41) is 17.1. The fourth-order valence-electron chi connectivity index (χ4n) is 4.54. The minimum absolute atomic E-state index is 0.104. The fraction of sp³-hybridized carbons (Fsp3) is 0.156. The quantitative estimate of drug-likeness (QED) is 0.196. The SMILES string of the molecule is CC(C)c1ccc(Nc2sc3c(-c4ccccc4)c(C#N)c(N)nc3c2C(=O)NCCc2ccccc2)cc1. The highest BCUT2D eigenvalue weighted by atomic mass is 32.1. The van der Waals surface area contributed by atoms with Crippen molar-refractivity contribution in [2.45, 2.75) is 26.2 Å². The van der Waals surface area contributed by atoms with Crippen molar-refractivity contribution in [1.29, 1.82) is 5.26 Å². The number of hydrogen-bond donors (Lipinski definition) is 3. The van der Waals surface area contributed by atoms with Gasteiger partial charge in [-0.3, -0.25) is 4.79 Å². The van der Waals surface area contributed by atoms with Gasteiger partial charge in [-0.1, -0.05) is 86.6 Å². The molecule has 0 atom stereocenters. The van der Waals surface area contributed by atoms with Crippen molar-refractivity contribution < 1.29 is 4.79 Å². The van der Waals surface area contributed by atoms with E-state index in [1.807, 2.05) is 72.8 Å². The van der Waals surface area contributed by atoms with Gasteiger partial charge in [-0.15, -0.1) is 11.3 Å². The Balaban J connectivity index is 1.60. The smallest absolute Gasteiger partial charge is 0.256 e. The van der Waals surface area contributed by atoms with E-state index in [0.29, 0.717) is 46.1 Å². The van der Waals surface area contributed by atoms with Crippen LogP contribution in [0, 0.1) is 11.3 Å². The second-order valence-electron chi connectivity index (χ2n) is 9.60. The topological polar surface area (TPSA) is 104 Å². The Bertz CT molecular complexity index is 1650. The van der Waals surface area contributed by atoms with Crippen LogP contribution in [-0.4, -0.2) is 17.4 Å². The molecule has 7 heteroatoms. The number of nitrogens with two attached hydrogens (primary N) is 1. The van der Waals surface area contributed by atoms with Crippen LogP contribution in [0.4, 0.5) is 16.5 Å². The lowest BCUT2D eigenvalue weighted by Gasteiger charge is -2.11. The number of fused-ring (bicyclic) bond motifs is 1. The predicted octanol–water partition coefficient (Wildman–Crippen LogP) is 7.26. The molecule has 194 valence electrons. The van der Waals surface area contributed by atoms with Gasteiger partial charge < -0.3 is 16.4 Å². The van der Waals surface area contributed by atoms with Crippen molar-refractivity contribution in [2.75, 3.05) is 17.6 Å². The van der Waals surface area contributed by atoms with E-state index in [-0.39, 0.29) is 11.7 Å². The Labute approximate surface area is 232 Å². The third-order valence-corrected chi connectivity index (χ3v) is 7.74. The maximum absolute atomic E-state index is 13.7. The Morgan fingerprint density at radius 1 is 1.00 bits per heavy atom. The Kier molecular flexibility index (Phi) is 7.57. The molecule has 0 fully saturated rings. The summed E-state index contributed by atoms with van der Waals surface area (Å²) in [5.41, 5.74) is 12.3. The summed E-state index contributed by atoms with van der Waals surface area (Å²) >= 11 is 1.41. The minimum atomic E-state index is -0.242. The molecule has 0 aliphatic heterocycles. The highest BCUT2D eigenvalue weighted by Gasteiger charge is 2.26. The van der Waals surface area contributed by atoms with Gasteiger partial charge in [0.05, 0.1) is 10.2 Å². The van der Waals surface area contributed by atoms with E-state index in [0.717, 1.165) is 21.5 Å². The third-order valence-electron chi connectivity index (χ3n) is 6.63. The number of nitriles is 1. The molecule has 0 aliphatic carbocycles. The molecule has 0 radical (unpaired) electrons. The van der Waals surface area contributed by atoms with Crippen LogP contribution in [0.1, 0.15) is 46.8 Å². The molecule has 1 amide bonds. The average Bonchev–Trinajstić information content (AvgIpc) is 3.30. The van der Waals surface area contributed by atoms with E-state index in [2.05, 4.69) is 47.7 Å². The second-order valence-corrected chi connectivity index (χ2v) is 10.6. The molecule has 0 bridgehead atoms. The summed E-state index contributed by atoms with van der Waals surface area (Å²) in [5.74, 6) is 0.279. The maximum Gasteiger partial charge on any atom is 0.256 e. The highest BCUT2D eigenvalue weighted by molar-refractivity contribution is 7.24. The van der Waals surface area contributed by atoms with Crippen LogP contribution in [0.15, 0.2) is 84.9 Å². The molecule has 2 aromatic heterocycles. The van der Waals surface area contributed by atoms with E-state index in [9.17, 15) is 10.1 Å². The number of benzene rings is 3. The lowest BCUT2D eigenvalue weighted by Crippen LogP contribution is -2.26. The van der Waals surface area contributed by atoms with Gasteiger partial charge in [-0.2, -0.15) is 5.26 Å². The summed E-state index contributed by atoms with van der Waals surface area (Å²) in [4.78, 5) is 18.3. The average molecular weight is 532 g/mol. The van der Waals surface area contributed by atoms with Gasteiger partial charge in [0.2, 0.25) is 0 Å². The summed E-state index contributed by atoms with van der Waals surface area (Å²) in [6.45, 7) is 4.78. The molecule has 0 unspecified atom stereocenters. The van der Waals surface area contributed by atoms with Gasteiger partial charge >= 0.3 is 0 Å². The number of nitrogens with zero attached hydrogens (tertiary/aromatic N) is 2. The Hall–Kier alpha value is -4.67. The number of nitrogen functional groups attached to an aromatic ring is 1. The van der Waals surface area contributed by atoms with Crippen LogP contribution >= 0.6 is 11.3 Å². The van der Waals surface area contributed by atoms with Crippen molar-refractivity contribution in [3.63, 3.8) is 0 Å². The van der Waals surface area contributed by atoms with E-state index >= 15 is 0 Å². The zero-order chi connectivity index (χ0) is 27.4. The monoisotopic (exact) mass is 531 g/mol. The minimum Gasteiger partial charge on any atom is -0.383 e. The molecule has 39 heavy (non-hydrogen) atoms. The number of amides is 1. The molecular weight excluding hydrogens is 502 g/mol. The molecule has 0 saturated carbocycles. The van der Waals surface area contributed by atoms with E-state index in [4.69, 9.17) is 5.73 Å².